The van der Waals surface area contributed by atoms with Crippen LogP contribution in [0.15, 0.2) is 18.2 Å². The molecule has 0 heterocycles. The molecule has 0 aromatic heterocycles. The Bertz CT molecular complexity index is 505. The molecule has 1 atom stereocenters. The average Bonchev–Trinajstić information content (AvgIpc) is 2.29. The molecule has 0 bridgehead atoms. The van der Waals surface area contributed by atoms with Crippen molar-refractivity contribution in [3.63, 3.8) is 0 Å². The summed E-state index contributed by atoms with van der Waals surface area (Å²) in [5, 5.41) is 1.83. The highest BCUT2D eigenvalue weighted by molar-refractivity contribution is 5.93. The highest BCUT2D eigenvalue weighted by atomic mass is 19.3. The van der Waals surface area contributed by atoms with E-state index < -0.39 is 35.6 Å². The van der Waals surface area contributed by atoms with Crippen molar-refractivity contribution in [3.8, 4) is 11.8 Å². The lowest BCUT2D eigenvalue weighted by Gasteiger charge is -2.17. The minimum absolute atomic E-state index is 0.615. The van der Waals surface area contributed by atoms with E-state index in [1.165, 1.54) is 6.92 Å². The molecule has 1 aromatic rings. The van der Waals surface area contributed by atoms with Crippen LogP contribution in [-0.2, 0) is 4.79 Å². The molecular weight excluding hydrogens is 250 g/mol. The monoisotopic (exact) mass is 259 g/mol. The van der Waals surface area contributed by atoms with Crippen LogP contribution < -0.4 is 5.32 Å². The van der Waals surface area contributed by atoms with Gasteiger partial charge in [0.15, 0.2) is 0 Å². The minimum Gasteiger partial charge on any atom is -0.333 e. The van der Waals surface area contributed by atoms with Gasteiger partial charge in [-0.25, -0.2) is 17.6 Å². The molecule has 0 fully saturated rings. The molecule has 96 valence electrons. The van der Waals surface area contributed by atoms with Gasteiger partial charge in [-0.1, -0.05) is 5.92 Å². The minimum atomic E-state index is -3.08. The number of amides is 1. The first-order chi connectivity index (χ1) is 8.45. The molecule has 0 radical (unpaired) electrons. The summed E-state index contributed by atoms with van der Waals surface area (Å²) in [6.45, 7) is 1.35. The van der Waals surface area contributed by atoms with Gasteiger partial charge in [0.05, 0.1) is 0 Å². The van der Waals surface area contributed by atoms with Crippen molar-refractivity contribution in [3.05, 3.63) is 35.4 Å². The van der Waals surface area contributed by atoms with Crippen molar-refractivity contribution in [1.82, 2.24) is 5.32 Å². The molecular formula is C12H9F4NO. The number of hydrogen-bond acceptors (Lipinski definition) is 1. The summed E-state index contributed by atoms with van der Waals surface area (Å²) < 4.78 is 51.7. The van der Waals surface area contributed by atoms with E-state index in [4.69, 9.17) is 0 Å². The number of carbonyl (C=O) groups is 1. The van der Waals surface area contributed by atoms with E-state index >= 15 is 0 Å². The zero-order valence-corrected chi connectivity index (χ0v) is 9.31. The number of carbonyl (C=O) groups excluding carboxylic acids is 1. The van der Waals surface area contributed by atoms with Crippen LogP contribution in [0.1, 0.15) is 18.5 Å². The van der Waals surface area contributed by atoms with Crippen LogP contribution in [0.25, 0.3) is 0 Å². The Labute approximate surface area is 101 Å². The zero-order valence-electron chi connectivity index (χ0n) is 9.31. The summed E-state index contributed by atoms with van der Waals surface area (Å²) in [5.41, 5.74) is -0.615. The van der Waals surface area contributed by atoms with Crippen LogP contribution in [0, 0.1) is 23.5 Å². The summed E-state index contributed by atoms with van der Waals surface area (Å²) >= 11 is 0. The number of alkyl halides is 2. The molecule has 1 N–H and O–H groups in total. The van der Waals surface area contributed by atoms with Gasteiger partial charge in [0.1, 0.15) is 17.7 Å². The number of benzene rings is 1. The fourth-order valence-electron chi connectivity index (χ4n) is 1.32. The molecule has 0 saturated heterocycles. The van der Waals surface area contributed by atoms with Crippen molar-refractivity contribution in [2.75, 3.05) is 0 Å². The second-order valence-corrected chi connectivity index (χ2v) is 3.33. The van der Waals surface area contributed by atoms with E-state index in [0.717, 1.165) is 12.1 Å². The predicted molar refractivity (Wildman–Crippen MR) is 56.7 cm³/mol. The largest absolute Gasteiger partial charge is 0.333 e. The van der Waals surface area contributed by atoms with Crippen LogP contribution in [0.4, 0.5) is 17.6 Å². The molecule has 0 aliphatic rings. The Kier molecular flexibility index (Phi) is 4.72. The topological polar surface area (TPSA) is 29.1 Å². The first kappa shape index (κ1) is 14.0. The average molecular weight is 259 g/mol. The summed E-state index contributed by atoms with van der Waals surface area (Å²) in [5.74, 6) is 1.33. The maximum Gasteiger partial charge on any atom is 0.296 e. The third-order valence-corrected chi connectivity index (χ3v) is 2.07. The first-order valence-electron chi connectivity index (χ1n) is 4.92. The lowest BCUT2D eigenvalue weighted by atomic mass is 10.1. The third kappa shape index (κ3) is 3.48. The van der Waals surface area contributed by atoms with Crippen molar-refractivity contribution in [1.29, 1.82) is 0 Å². The van der Waals surface area contributed by atoms with E-state index in [2.05, 4.69) is 5.92 Å². The van der Waals surface area contributed by atoms with E-state index in [1.807, 2.05) is 11.2 Å². The zero-order chi connectivity index (χ0) is 13.7. The molecule has 0 aliphatic carbocycles. The molecule has 2 nitrogen and oxygen atoms in total. The molecule has 6 heteroatoms. The molecule has 1 unspecified atom stereocenters. The molecule has 0 aliphatic heterocycles. The van der Waals surface area contributed by atoms with Crippen LogP contribution in [0.3, 0.4) is 0 Å². The van der Waals surface area contributed by atoms with Gasteiger partial charge in [-0.2, -0.15) is 0 Å². The fraction of sp³-hybridized carbons (Fsp3) is 0.250. The van der Waals surface area contributed by atoms with Crippen LogP contribution >= 0.6 is 0 Å². The van der Waals surface area contributed by atoms with Gasteiger partial charge in [-0.05, 0) is 31.0 Å². The van der Waals surface area contributed by atoms with Crippen molar-refractivity contribution < 1.29 is 22.4 Å². The first-order valence-corrected chi connectivity index (χ1v) is 4.92. The van der Waals surface area contributed by atoms with Crippen molar-refractivity contribution in [2.24, 2.45) is 0 Å². The van der Waals surface area contributed by atoms with E-state index in [1.54, 1.807) is 0 Å². The molecule has 1 amide bonds. The normalized spacial score (nSPS) is 11.7. The van der Waals surface area contributed by atoms with Gasteiger partial charge in [0.25, 0.3) is 12.3 Å². The van der Waals surface area contributed by atoms with Crippen LogP contribution in [-0.4, -0.2) is 12.3 Å². The molecule has 1 rings (SSSR count). The Morgan fingerprint density at radius 1 is 1.33 bits per heavy atom. The number of hydrogen-bond donors (Lipinski definition) is 1. The lowest BCUT2D eigenvalue weighted by Crippen LogP contribution is -2.32. The Balaban J connectivity index is 3.07. The summed E-state index contributed by atoms with van der Waals surface area (Å²) in [4.78, 5) is 11.1. The summed E-state index contributed by atoms with van der Waals surface area (Å²) in [6, 6.07) is 0.201. The third-order valence-electron chi connectivity index (χ3n) is 2.07. The highest BCUT2D eigenvalue weighted by Gasteiger charge is 2.27. The summed E-state index contributed by atoms with van der Waals surface area (Å²) in [6.07, 6.45) is -3.08. The van der Waals surface area contributed by atoms with Gasteiger partial charge < -0.3 is 5.32 Å². The quantitative estimate of drug-likeness (QED) is 0.655. The maximum atomic E-state index is 13.3. The van der Waals surface area contributed by atoms with E-state index in [9.17, 15) is 22.4 Å². The standard InChI is InChI=1S/C12H9F4NO/c1-2-3-10(18)17-11(12(15)16)8-6-7(13)4-5-9(8)14/h4-6,11-12H,1H3,(H,17,18). The predicted octanol–water partition coefficient (Wildman–Crippen LogP) is 2.41. The van der Waals surface area contributed by atoms with Gasteiger partial charge in [-0.15, -0.1) is 0 Å². The molecule has 1 aromatic carbocycles. The number of rotatable bonds is 3. The second kappa shape index (κ2) is 6.05. The second-order valence-electron chi connectivity index (χ2n) is 3.33. The summed E-state index contributed by atoms with van der Waals surface area (Å²) in [7, 11) is 0. The SMILES string of the molecule is CC#CC(=O)NC(c1cc(F)ccc1F)C(F)F. The lowest BCUT2D eigenvalue weighted by molar-refractivity contribution is -0.117. The Morgan fingerprint density at radius 3 is 2.56 bits per heavy atom. The Hall–Kier alpha value is -2.03. The smallest absolute Gasteiger partial charge is 0.296 e. The molecule has 0 spiro atoms. The fourth-order valence-corrected chi connectivity index (χ4v) is 1.32. The Morgan fingerprint density at radius 2 is 2.00 bits per heavy atom. The number of nitrogens with one attached hydrogen (secondary N) is 1. The molecule has 18 heavy (non-hydrogen) atoms. The van der Waals surface area contributed by atoms with E-state index in [-0.39, 0.29) is 0 Å². The van der Waals surface area contributed by atoms with Crippen LogP contribution in [0.2, 0.25) is 0 Å². The van der Waals surface area contributed by atoms with Crippen molar-refractivity contribution in [2.45, 2.75) is 19.4 Å². The highest BCUT2D eigenvalue weighted by Crippen LogP contribution is 2.24. The van der Waals surface area contributed by atoms with Gasteiger partial charge in [-0.3, -0.25) is 4.79 Å². The van der Waals surface area contributed by atoms with Crippen molar-refractivity contribution >= 4 is 5.91 Å². The van der Waals surface area contributed by atoms with Crippen LogP contribution in [0.5, 0.6) is 0 Å². The van der Waals surface area contributed by atoms with Gasteiger partial charge >= 0.3 is 0 Å². The maximum absolute atomic E-state index is 13.3. The van der Waals surface area contributed by atoms with Gasteiger partial charge in [0, 0.05) is 5.56 Å². The van der Waals surface area contributed by atoms with E-state index in [0.29, 0.717) is 6.07 Å². The molecule has 0 saturated carbocycles. The van der Waals surface area contributed by atoms with Gasteiger partial charge in [0.2, 0.25) is 0 Å². The number of halogens is 4.